The molecule has 0 aromatic heterocycles. The number of nitrogen functional groups attached to an aromatic ring is 1. The summed E-state index contributed by atoms with van der Waals surface area (Å²) in [6, 6.07) is 6.93. The van der Waals surface area contributed by atoms with Gasteiger partial charge in [0.2, 0.25) is 0 Å². The van der Waals surface area contributed by atoms with Gasteiger partial charge in [0.25, 0.3) is 0 Å². The molecule has 5 heteroatoms. The average molecular weight is 255 g/mol. The monoisotopic (exact) mass is 255 g/mol. The van der Waals surface area contributed by atoms with E-state index in [0.29, 0.717) is 17.7 Å². The van der Waals surface area contributed by atoms with E-state index in [1.807, 2.05) is 0 Å². The molecule has 4 nitrogen and oxygen atoms in total. The Bertz CT molecular complexity index is 505. The SMILES string of the molecule is CC(O)(c1ccc(N)cc1)C1CCS(=O)(=O)C1. The van der Waals surface area contributed by atoms with Crippen LogP contribution in [0.15, 0.2) is 24.3 Å². The number of nitrogens with two attached hydrogens (primary N) is 1. The average Bonchev–Trinajstić information content (AvgIpc) is 2.60. The standard InChI is InChI=1S/C12H17NO3S/c1-12(14,9-2-4-11(13)5-3-9)10-6-7-17(15,16)8-10/h2-5,10,14H,6-8,13H2,1H3. The minimum atomic E-state index is -2.98. The van der Waals surface area contributed by atoms with Gasteiger partial charge in [-0.2, -0.15) is 0 Å². The molecule has 1 aliphatic rings. The van der Waals surface area contributed by atoms with E-state index in [-0.39, 0.29) is 17.4 Å². The van der Waals surface area contributed by atoms with E-state index in [1.54, 1.807) is 31.2 Å². The smallest absolute Gasteiger partial charge is 0.150 e. The highest BCUT2D eigenvalue weighted by molar-refractivity contribution is 7.91. The summed E-state index contributed by atoms with van der Waals surface area (Å²) in [6.07, 6.45) is 0.514. The predicted molar refractivity (Wildman–Crippen MR) is 67.2 cm³/mol. The maximum absolute atomic E-state index is 11.4. The molecule has 0 bridgehead atoms. The first kappa shape index (κ1) is 12.4. The molecule has 1 fully saturated rings. The summed E-state index contributed by atoms with van der Waals surface area (Å²) in [4.78, 5) is 0. The molecule has 0 radical (unpaired) electrons. The summed E-state index contributed by atoms with van der Waals surface area (Å²) in [5.74, 6) is -0.0104. The Morgan fingerprint density at radius 2 is 1.94 bits per heavy atom. The second-order valence-corrected chi connectivity index (χ2v) is 7.10. The number of anilines is 1. The lowest BCUT2D eigenvalue weighted by Crippen LogP contribution is -2.32. The van der Waals surface area contributed by atoms with Crippen molar-refractivity contribution in [3.05, 3.63) is 29.8 Å². The quantitative estimate of drug-likeness (QED) is 0.770. The highest BCUT2D eigenvalue weighted by Gasteiger charge is 2.41. The van der Waals surface area contributed by atoms with Crippen LogP contribution in [-0.4, -0.2) is 25.0 Å². The van der Waals surface area contributed by atoms with Crippen LogP contribution in [0.5, 0.6) is 0 Å². The first-order valence-electron chi connectivity index (χ1n) is 5.60. The van der Waals surface area contributed by atoms with Crippen LogP contribution in [0, 0.1) is 5.92 Å². The number of benzene rings is 1. The van der Waals surface area contributed by atoms with Gasteiger partial charge in [0, 0.05) is 11.6 Å². The number of aliphatic hydroxyl groups is 1. The number of sulfone groups is 1. The molecule has 2 rings (SSSR count). The van der Waals surface area contributed by atoms with Crippen molar-refractivity contribution in [3.8, 4) is 0 Å². The van der Waals surface area contributed by atoms with Crippen molar-refractivity contribution >= 4 is 15.5 Å². The van der Waals surface area contributed by atoms with E-state index < -0.39 is 15.4 Å². The van der Waals surface area contributed by atoms with E-state index in [9.17, 15) is 13.5 Å². The highest BCUT2D eigenvalue weighted by atomic mass is 32.2. The third-order valence-electron chi connectivity index (χ3n) is 3.52. The van der Waals surface area contributed by atoms with E-state index in [2.05, 4.69) is 0 Å². The third kappa shape index (κ3) is 2.45. The van der Waals surface area contributed by atoms with Crippen molar-refractivity contribution in [2.45, 2.75) is 18.9 Å². The van der Waals surface area contributed by atoms with Crippen LogP contribution in [0.3, 0.4) is 0 Å². The second-order valence-electron chi connectivity index (χ2n) is 4.87. The Kier molecular flexibility index (Phi) is 2.91. The van der Waals surface area contributed by atoms with E-state index >= 15 is 0 Å². The van der Waals surface area contributed by atoms with Crippen molar-refractivity contribution in [1.29, 1.82) is 0 Å². The molecule has 2 atom stereocenters. The zero-order valence-corrected chi connectivity index (χ0v) is 10.6. The van der Waals surface area contributed by atoms with Gasteiger partial charge >= 0.3 is 0 Å². The predicted octanol–water partition coefficient (Wildman–Crippen LogP) is 0.911. The lowest BCUT2D eigenvalue weighted by Gasteiger charge is -2.29. The fourth-order valence-electron chi connectivity index (χ4n) is 2.29. The summed E-state index contributed by atoms with van der Waals surface area (Å²) in [5.41, 5.74) is 5.82. The summed E-state index contributed by atoms with van der Waals surface area (Å²) in [5, 5.41) is 10.5. The van der Waals surface area contributed by atoms with Gasteiger partial charge in [0.15, 0.2) is 9.84 Å². The van der Waals surface area contributed by atoms with Crippen LogP contribution in [-0.2, 0) is 15.4 Å². The molecule has 1 saturated heterocycles. The van der Waals surface area contributed by atoms with Crippen molar-refractivity contribution in [3.63, 3.8) is 0 Å². The summed E-state index contributed by atoms with van der Waals surface area (Å²) >= 11 is 0. The molecule has 3 N–H and O–H groups in total. The molecular weight excluding hydrogens is 238 g/mol. The Hall–Kier alpha value is -1.07. The first-order valence-corrected chi connectivity index (χ1v) is 7.42. The van der Waals surface area contributed by atoms with E-state index in [0.717, 1.165) is 0 Å². The van der Waals surface area contributed by atoms with Crippen molar-refractivity contribution < 1.29 is 13.5 Å². The molecule has 2 unspecified atom stereocenters. The molecule has 1 aliphatic heterocycles. The topological polar surface area (TPSA) is 80.4 Å². The Labute approximate surface area is 101 Å². The molecule has 94 valence electrons. The van der Waals surface area contributed by atoms with Gasteiger partial charge in [-0.3, -0.25) is 0 Å². The fraction of sp³-hybridized carbons (Fsp3) is 0.500. The highest BCUT2D eigenvalue weighted by Crippen LogP contribution is 2.36. The second kappa shape index (κ2) is 3.99. The first-order chi connectivity index (χ1) is 7.81. The Morgan fingerprint density at radius 1 is 1.35 bits per heavy atom. The number of hydrogen-bond donors (Lipinski definition) is 2. The fourth-order valence-corrected chi connectivity index (χ4v) is 4.21. The summed E-state index contributed by atoms with van der Waals surface area (Å²) in [7, 11) is -2.98. The Balaban J connectivity index is 2.27. The van der Waals surface area contributed by atoms with Gasteiger partial charge in [-0.1, -0.05) is 12.1 Å². The third-order valence-corrected chi connectivity index (χ3v) is 5.29. The number of rotatable bonds is 2. The van der Waals surface area contributed by atoms with Gasteiger partial charge in [0.1, 0.15) is 0 Å². The lowest BCUT2D eigenvalue weighted by molar-refractivity contribution is 0.00454. The van der Waals surface area contributed by atoms with Crippen LogP contribution in [0.25, 0.3) is 0 Å². The molecule has 0 saturated carbocycles. The molecule has 1 aromatic carbocycles. The van der Waals surface area contributed by atoms with Crippen molar-refractivity contribution in [1.82, 2.24) is 0 Å². The van der Waals surface area contributed by atoms with Gasteiger partial charge in [0.05, 0.1) is 17.1 Å². The molecular formula is C12H17NO3S. The summed E-state index contributed by atoms with van der Waals surface area (Å²) < 4.78 is 22.9. The van der Waals surface area contributed by atoms with Crippen LogP contribution in [0.4, 0.5) is 5.69 Å². The van der Waals surface area contributed by atoms with Crippen LogP contribution in [0.2, 0.25) is 0 Å². The van der Waals surface area contributed by atoms with Crippen LogP contribution >= 0.6 is 0 Å². The zero-order chi connectivity index (χ0) is 12.7. The Morgan fingerprint density at radius 3 is 2.41 bits per heavy atom. The van der Waals surface area contributed by atoms with E-state index in [1.165, 1.54) is 0 Å². The van der Waals surface area contributed by atoms with Gasteiger partial charge in [-0.25, -0.2) is 8.42 Å². The molecule has 1 heterocycles. The van der Waals surface area contributed by atoms with Crippen LogP contribution < -0.4 is 5.73 Å². The largest absolute Gasteiger partial charge is 0.399 e. The molecule has 1 aromatic rings. The normalized spacial score (nSPS) is 26.6. The van der Waals surface area contributed by atoms with Crippen molar-refractivity contribution in [2.75, 3.05) is 17.2 Å². The summed E-state index contributed by atoms with van der Waals surface area (Å²) in [6.45, 7) is 1.67. The van der Waals surface area contributed by atoms with Crippen molar-refractivity contribution in [2.24, 2.45) is 5.92 Å². The molecule has 0 spiro atoms. The maximum Gasteiger partial charge on any atom is 0.150 e. The molecule has 17 heavy (non-hydrogen) atoms. The zero-order valence-electron chi connectivity index (χ0n) is 9.76. The molecule has 0 amide bonds. The molecule has 0 aliphatic carbocycles. The van der Waals surface area contributed by atoms with Crippen LogP contribution in [0.1, 0.15) is 18.9 Å². The lowest BCUT2D eigenvalue weighted by atomic mass is 9.82. The number of hydrogen-bond acceptors (Lipinski definition) is 4. The van der Waals surface area contributed by atoms with Gasteiger partial charge in [-0.05, 0) is 31.0 Å². The van der Waals surface area contributed by atoms with Gasteiger partial charge < -0.3 is 10.8 Å². The minimum Gasteiger partial charge on any atom is -0.399 e. The van der Waals surface area contributed by atoms with E-state index in [4.69, 9.17) is 5.73 Å². The maximum atomic E-state index is 11.4. The van der Waals surface area contributed by atoms with Gasteiger partial charge in [-0.15, -0.1) is 0 Å². The minimum absolute atomic E-state index is 0.0599.